The van der Waals surface area contributed by atoms with Gasteiger partial charge in [0.15, 0.2) is 0 Å². The molecule has 0 N–H and O–H groups in total. The van der Waals surface area contributed by atoms with Crippen LogP contribution >= 0.6 is 0 Å². The van der Waals surface area contributed by atoms with Gasteiger partial charge in [0.1, 0.15) is 0 Å². The van der Waals surface area contributed by atoms with Crippen LogP contribution in [0.1, 0.15) is 25.7 Å². The number of hydrogen-bond acceptors (Lipinski definition) is 4. The molecule has 4 rings (SSSR count). The summed E-state index contributed by atoms with van der Waals surface area (Å²) in [5, 5.41) is 4.20. The summed E-state index contributed by atoms with van der Waals surface area (Å²) in [6.45, 7) is 5.75. The number of carbonyl (C=O) groups is 1. The summed E-state index contributed by atoms with van der Waals surface area (Å²) in [6.07, 6.45) is 8.05. The van der Waals surface area contributed by atoms with Crippen molar-refractivity contribution in [3.63, 3.8) is 0 Å². The minimum Gasteiger partial charge on any atom is -0.381 e. The lowest BCUT2D eigenvalue weighted by Crippen LogP contribution is -2.38. The van der Waals surface area contributed by atoms with E-state index in [1.807, 2.05) is 18.1 Å². The Kier molecular flexibility index (Phi) is 3.89. The van der Waals surface area contributed by atoms with E-state index in [1.54, 1.807) is 10.9 Å². The van der Waals surface area contributed by atoms with Crippen molar-refractivity contribution in [3.8, 4) is 0 Å². The van der Waals surface area contributed by atoms with Gasteiger partial charge in [-0.25, -0.2) is 0 Å². The Bertz CT molecular complexity index is 581. The molecule has 1 spiro atoms. The Morgan fingerprint density at radius 1 is 1.30 bits per heavy atom. The lowest BCUT2D eigenvalue weighted by molar-refractivity contribution is -0.125. The normalized spacial score (nSPS) is 30.0. The fourth-order valence-corrected chi connectivity index (χ4v) is 4.40. The van der Waals surface area contributed by atoms with E-state index in [0.717, 1.165) is 63.8 Å². The lowest BCUT2D eigenvalue weighted by Gasteiger charge is -2.28. The fraction of sp³-hybridized carbons (Fsp3) is 0.765. The molecule has 1 amide bonds. The van der Waals surface area contributed by atoms with Crippen LogP contribution in [0.3, 0.4) is 0 Å². The Labute approximate surface area is 137 Å². The molecule has 6 nitrogen and oxygen atoms in total. The molecule has 0 radical (unpaired) electrons. The molecule has 6 heteroatoms. The predicted molar refractivity (Wildman–Crippen MR) is 87.2 cm³/mol. The van der Waals surface area contributed by atoms with Crippen molar-refractivity contribution >= 4 is 11.6 Å². The first kappa shape index (κ1) is 15.1. The van der Waals surface area contributed by atoms with Gasteiger partial charge in [0.05, 0.1) is 17.3 Å². The van der Waals surface area contributed by atoms with Gasteiger partial charge in [0.2, 0.25) is 5.91 Å². The summed E-state index contributed by atoms with van der Waals surface area (Å²) in [5.41, 5.74) is 0.790. The standard InChI is InChI=1S/C17H26N4O2/c1-19-12-15(10-18-19)21-7-5-17(16(21)22)4-6-20(13-17)11-14-2-8-23-9-3-14/h10,12,14H,2-9,11,13H2,1H3/t17-/m0/s1. The summed E-state index contributed by atoms with van der Waals surface area (Å²) in [4.78, 5) is 17.5. The molecule has 1 atom stereocenters. The average molecular weight is 318 g/mol. The van der Waals surface area contributed by atoms with Gasteiger partial charge in [0, 0.05) is 46.1 Å². The first-order valence-corrected chi connectivity index (χ1v) is 8.77. The van der Waals surface area contributed by atoms with Crippen molar-refractivity contribution < 1.29 is 9.53 Å². The zero-order valence-electron chi connectivity index (χ0n) is 13.9. The summed E-state index contributed by atoms with van der Waals surface area (Å²) in [5.74, 6) is 1.05. The summed E-state index contributed by atoms with van der Waals surface area (Å²) in [7, 11) is 1.89. The van der Waals surface area contributed by atoms with Crippen molar-refractivity contribution in [1.29, 1.82) is 0 Å². The van der Waals surface area contributed by atoms with Gasteiger partial charge in [-0.2, -0.15) is 5.10 Å². The van der Waals surface area contributed by atoms with E-state index in [-0.39, 0.29) is 5.41 Å². The maximum absolute atomic E-state index is 13.0. The molecule has 0 bridgehead atoms. The van der Waals surface area contributed by atoms with Crippen LogP contribution in [-0.4, -0.2) is 60.0 Å². The van der Waals surface area contributed by atoms with Crippen LogP contribution in [-0.2, 0) is 16.6 Å². The third-order valence-electron chi connectivity index (χ3n) is 5.81. The van der Waals surface area contributed by atoms with Crippen molar-refractivity contribution in [2.45, 2.75) is 25.7 Å². The molecule has 126 valence electrons. The molecular formula is C17H26N4O2. The first-order chi connectivity index (χ1) is 11.2. The highest BCUT2D eigenvalue weighted by Crippen LogP contribution is 2.42. The smallest absolute Gasteiger partial charge is 0.234 e. The Morgan fingerprint density at radius 2 is 2.09 bits per heavy atom. The monoisotopic (exact) mass is 318 g/mol. The van der Waals surface area contributed by atoms with E-state index < -0.39 is 0 Å². The fourth-order valence-electron chi connectivity index (χ4n) is 4.40. The van der Waals surface area contributed by atoms with Crippen LogP contribution < -0.4 is 4.90 Å². The Balaban J connectivity index is 1.40. The van der Waals surface area contributed by atoms with Crippen LogP contribution in [0.5, 0.6) is 0 Å². The molecule has 0 unspecified atom stereocenters. The Hall–Kier alpha value is -1.40. The summed E-state index contributed by atoms with van der Waals surface area (Å²) in [6, 6.07) is 0. The van der Waals surface area contributed by atoms with Crippen molar-refractivity contribution in [2.24, 2.45) is 18.4 Å². The summed E-state index contributed by atoms with van der Waals surface area (Å²) >= 11 is 0. The van der Waals surface area contributed by atoms with Crippen LogP contribution in [0.15, 0.2) is 12.4 Å². The molecule has 3 saturated heterocycles. The second kappa shape index (κ2) is 5.91. The number of amides is 1. The van der Waals surface area contributed by atoms with Crippen LogP contribution in [0.2, 0.25) is 0 Å². The third kappa shape index (κ3) is 2.78. The highest BCUT2D eigenvalue weighted by molar-refractivity contribution is 6.00. The molecular weight excluding hydrogens is 292 g/mol. The highest BCUT2D eigenvalue weighted by Gasteiger charge is 2.51. The van der Waals surface area contributed by atoms with Gasteiger partial charge in [-0.1, -0.05) is 0 Å². The number of anilines is 1. The minimum absolute atomic E-state index is 0.152. The topological polar surface area (TPSA) is 50.6 Å². The van der Waals surface area contributed by atoms with Gasteiger partial charge in [-0.15, -0.1) is 0 Å². The van der Waals surface area contributed by atoms with Gasteiger partial charge in [-0.05, 0) is 38.1 Å². The second-order valence-corrected chi connectivity index (χ2v) is 7.40. The van der Waals surface area contributed by atoms with Crippen LogP contribution in [0.4, 0.5) is 5.69 Å². The number of ether oxygens (including phenoxy) is 1. The third-order valence-corrected chi connectivity index (χ3v) is 5.81. The van der Waals surface area contributed by atoms with Crippen LogP contribution in [0, 0.1) is 11.3 Å². The van der Waals surface area contributed by atoms with Gasteiger partial charge in [0.25, 0.3) is 0 Å². The molecule has 3 aliphatic rings. The number of carbonyl (C=O) groups excluding carboxylic acids is 1. The lowest BCUT2D eigenvalue weighted by atomic mass is 9.85. The molecule has 0 aliphatic carbocycles. The maximum atomic E-state index is 13.0. The zero-order chi connectivity index (χ0) is 15.9. The van der Waals surface area contributed by atoms with Crippen molar-refractivity contribution in [3.05, 3.63) is 12.4 Å². The zero-order valence-corrected chi connectivity index (χ0v) is 13.9. The molecule has 1 aromatic heterocycles. The summed E-state index contributed by atoms with van der Waals surface area (Å²) < 4.78 is 7.22. The van der Waals surface area contributed by atoms with E-state index in [4.69, 9.17) is 4.74 Å². The van der Waals surface area contributed by atoms with Crippen molar-refractivity contribution in [1.82, 2.24) is 14.7 Å². The van der Waals surface area contributed by atoms with Crippen molar-refractivity contribution in [2.75, 3.05) is 44.3 Å². The quantitative estimate of drug-likeness (QED) is 0.842. The van der Waals surface area contributed by atoms with E-state index in [0.29, 0.717) is 5.91 Å². The van der Waals surface area contributed by atoms with Gasteiger partial charge < -0.3 is 14.5 Å². The SMILES string of the molecule is Cn1cc(N2CC[C@]3(CCN(CC4CCOCC4)C3)C2=O)cn1. The van der Waals surface area contributed by atoms with E-state index >= 15 is 0 Å². The number of likely N-dealkylation sites (tertiary alicyclic amines) is 1. The number of rotatable bonds is 3. The Morgan fingerprint density at radius 3 is 2.83 bits per heavy atom. The second-order valence-electron chi connectivity index (χ2n) is 7.40. The molecule has 23 heavy (non-hydrogen) atoms. The maximum Gasteiger partial charge on any atom is 0.234 e. The molecule has 0 aromatic carbocycles. The van der Waals surface area contributed by atoms with E-state index in [1.165, 1.54) is 12.8 Å². The average Bonchev–Trinajstić information content (AvgIpc) is 3.23. The number of nitrogens with zero attached hydrogens (tertiary/aromatic N) is 4. The molecule has 3 fully saturated rings. The van der Waals surface area contributed by atoms with Gasteiger partial charge in [-0.3, -0.25) is 9.48 Å². The number of hydrogen-bond donors (Lipinski definition) is 0. The van der Waals surface area contributed by atoms with Gasteiger partial charge >= 0.3 is 0 Å². The van der Waals surface area contributed by atoms with E-state index in [2.05, 4.69) is 10.00 Å². The number of aromatic nitrogens is 2. The molecule has 4 heterocycles. The minimum atomic E-state index is -0.152. The van der Waals surface area contributed by atoms with Crippen LogP contribution in [0.25, 0.3) is 0 Å². The van der Waals surface area contributed by atoms with E-state index in [9.17, 15) is 4.79 Å². The largest absolute Gasteiger partial charge is 0.381 e. The highest BCUT2D eigenvalue weighted by atomic mass is 16.5. The predicted octanol–water partition coefficient (Wildman–Crippen LogP) is 1.28. The number of aryl methyl sites for hydroxylation is 1. The molecule has 0 saturated carbocycles. The molecule has 1 aromatic rings. The molecule has 3 aliphatic heterocycles. The first-order valence-electron chi connectivity index (χ1n) is 8.77.